The Bertz CT molecular complexity index is 509. The largest absolute Gasteiger partial charge is 0.349 e. The molecule has 1 aromatic rings. The van der Waals surface area contributed by atoms with Gasteiger partial charge in [0.15, 0.2) is 0 Å². The van der Waals surface area contributed by atoms with Gasteiger partial charge in [0.1, 0.15) is 0 Å². The lowest BCUT2D eigenvalue weighted by Gasteiger charge is -2.33. The minimum absolute atomic E-state index is 0. The molecule has 2 N–H and O–H groups in total. The van der Waals surface area contributed by atoms with Crippen LogP contribution in [0.1, 0.15) is 51.8 Å². The van der Waals surface area contributed by atoms with Crippen LogP contribution in [0.4, 0.5) is 0 Å². The van der Waals surface area contributed by atoms with E-state index in [1.807, 2.05) is 6.92 Å². The third-order valence-corrected chi connectivity index (χ3v) is 4.88. The van der Waals surface area contributed by atoms with E-state index in [0.717, 1.165) is 19.5 Å². The zero-order chi connectivity index (χ0) is 17.0. The van der Waals surface area contributed by atoms with Crippen LogP contribution in [0.2, 0.25) is 0 Å². The topological polar surface area (TPSA) is 41.1 Å². The average molecular weight is 353 g/mol. The van der Waals surface area contributed by atoms with Crippen molar-refractivity contribution in [3.8, 4) is 0 Å². The van der Waals surface area contributed by atoms with E-state index in [-0.39, 0.29) is 30.3 Å². The smallest absolute Gasteiger partial charge is 0.223 e. The van der Waals surface area contributed by atoms with Gasteiger partial charge in [-0.3, -0.25) is 4.79 Å². The summed E-state index contributed by atoms with van der Waals surface area (Å²) in [6.45, 7) is 12.8. The second kappa shape index (κ2) is 9.43. The van der Waals surface area contributed by atoms with Crippen LogP contribution < -0.4 is 10.6 Å². The standard InChI is InChI=1S/C20H32N2O.ClH/c1-13(2)10-16-6-8-17(9-7-16)19(14(3)4)22-20(23)15(5)18-11-21-12-18;/h6-9,13-15,18-19,21H,10-12H2,1-5H3,(H,22,23);1H. The number of carbonyl (C=O) groups is 1. The number of nitrogens with one attached hydrogen (secondary N) is 2. The van der Waals surface area contributed by atoms with E-state index < -0.39 is 0 Å². The Labute approximate surface area is 153 Å². The van der Waals surface area contributed by atoms with Gasteiger partial charge in [-0.2, -0.15) is 0 Å². The first-order valence-corrected chi connectivity index (χ1v) is 8.98. The fourth-order valence-corrected chi connectivity index (χ4v) is 3.13. The van der Waals surface area contributed by atoms with Crippen molar-refractivity contribution in [2.24, 2.45) is 23.7 Å². The van der Waals surface area contributed by atoms with E-state index >= 15 is 0 Å². The first-order chi connectivity index (χ1) is 10.9. The molecule has 0 bridgehead atoms. The van der Waals surface area contributed by atoms with Gasteiger partial charge in [-0.05, 0) is 48.4 Å². The Morgan fingerprint density at radius 1 is 1.12 bits per heavy atom. The number of hydrogen-bond acceptors (Lipinski definition) is 2. The van der Waals surface area contributed by atoms with Crippen molar-refractivity contribution in [1.82, 2.24) is 10.6 Å². The number of amides is 1. The molecule has 1 saturated heterocycles. The van der Waals surface area contributed by atoms with Gasteiger partial charge in [-0.1, -0.05) is 58.9 Å². The van der Waals surface area contributed by atoms with Crippen LogP contribution in [0.5, 0.6) is 0 Å². The first-order valence-electron chi connectivity index (χ1n) is 8.98. The highest BCUT2D eigenvalue weighted by Crippen LogP contribution is 2.25. The molecule has 1 aliphatic heterocycles. The second-order valence-electron chi connectivity index (χ2n) is 7.78. The van der Waals surface area contributed by atoms with Crippen LogP contribution in [-0.4, -0.2) is 19.0 Å². The van der Waals surface area contributed by atoms with Crippen molar-refractivity contribution in [2.45, 2.75) is 47.1 Å². The van der Waals surface area contributed by atoms with Crippen LogP contribution in [0.25, 0.3) is 0 Å². The van der Waals surface area contributed by atoms with Crippen LogP contribution in [-0.2, 0) is 11.2 Å². The molecular weight excluding hydrogens is 320 g/mol. The van der Waals surface area contributed by atoms with Gasteiger partial charge >= 0.3 is 0 Å². The summed E-state index contributed by atoms with van der Waals surface area (Å²) in [4.78, 5) is 12.5. The highest BCUT2D eigenvalue weighted by Gasteiger charge is 2.30. The van der Waals surface area contributed by atoms with Crippen molar-refractivity contribution in [3.05, 3.63) is 35.4 Å². The number of carbonyl (C=O) groups excluding carboxylic acids is 1. The molecule has 4 heteroatoms. The highest BCUT2D eigenvalue weighted by molar-refractivity contribution is 5.85. The Kier molecular flexibility index (Phi) is 8.24. The molecule has 3 nitrogen and oxygen atoms in total. The van der Waals surface area contributed by atoms with Crippen LogP contribution >= 0.6 is 12.4 Å². The number of benzene rings is 1. The third kappa shape index (κ3) is 5.49. The summed E-state index contributed by atoms with van der Waals surface area (Å²) in [6.07, 6.45) is 1.10. The van der Waals surface area contributed by atoms with E-state index in [9.17, 15) is 4.79 Å². The molecule has 0 aromatic heterocycles. The zero-order valence-corrected chi connectivity index (χ0v) is 16.5. The van der Waals surface area contributed by atoms with E-state index in [1.165, 1.54) is 11.1 Å². The predicted octanol–water partition coefficient (Wildman–Crippen LogP) is 3.98. The summed E-state index contributed by atoms with van der Waals surface area (Å²) in [5, 5.41) is 6.52. The lowest BCUT2D eigenvalue weighted by Crippen LogP contribution is -2.50. The zero-order valence-electron chi connectivity index (χ0n) is 15.6. The molecule has 2 unspecified atom stereocenters. The van der Waals surface area contributed by atoms with Gasteiger partial charge < -0.3 is 10.6 Å². The van der Waals surface area contributed by atoms with Gasteiger partial charge in [-0.25, -0.2) is 0 Å². The number of rotatable bonds is 7. The van der Waals surface area contributed by atoms with Crippen molar-refractivity contribution >= 4 is 18.3 Å². The first kappa shape index (κ1) is 21.0. The molecule has 1 amide bonds. The Hall–Kier alpha value is -1.06. The molecule has 0 saturated carbocycles. The van der Waals surface area contributed by atoms with E-state index in [1.54, 1.807) is 0 Å². The molecule has 1 heterocycles. The molecule has 136 valence electrons. The maximum absolute atomic E-state index is 12.5. The average Bonchev–Trinajstić information content (AvgIpc) is 2.42. The Morgan fingerprint density at radius 2 is 1.71 bits per heavy atom. The summed E-state index contributed by atoms with van der Waals surface area (Å²) < 4.78 is 0. The van der Waals surface area contributed by atoms with Gasteiger partial charge in [-0.15, -0.1) is 12.4 Å². The Balaban J connectivity index is 0.00000288. The van der Waals surface area contributed by atoms with E-state index in [2.05, 4.69) is 62.6 Å². The number of hydrogen-bond donors (Lipinski definition) is 2. The summed E-state index contributed by atoms with van der Waals surface area (Å²) in [7, 11) is 0. The summed E-state index contributed by atoms with van der Waals surface area (Å²) >= 11 is 0. The summed E-state index contributed by atoms with van der Waals surface area (Å²) in [5.74, 6) is 1.79. The minimum atomic E-state index is 0. The van der Waals surface area contributed by atoms with Crippen LogP contribution in [0.15, 0.2) is 24.3 Å². The lowest BCUT2D eigenvalue weighted by molar-refractivity contribution is -0.127. The molecule has 0 radical (unpaired) electrons. The molecule has 0 aliphatic carbocycles. The maximum atomic E-state index is 12.5. The third-order valence-electron chi connectivity index (χ3n) is 4.88. The van der Waals surface area contributed by atoms with Crippen molar-refractivity contribution in [2.75, 3.05) is 13.1 Å². The molecule has 2 rings (SSSR count). The maximum Gasteiger partial charge on any atom is 0.223 e. The molecule has 1 aromatic carbocycles. The molecule has 2 atom stereocenters. The van der Waals surface area contributed by atoms with Gasteiger partial charge in [0.25, 0.3) is 0 Å². The van der Waals surface area contributed by atoms with Crippen LogP contribution in [0, 0.1) is 23.7 Å². The van der Waals surface area contributed by atoms with Gasteiger partial charge in [0, 0.05) is 5.92 Å². The lowest BCUT2D eigenvalue weighted by atomic mass is 9.87. The van der Waals surface area contributed by atoms with Crippen molar-refractivity contribution in [1.29, 1.82) is 0 Å². The van der Waals surface area contributed by atoms with Gasteiger partial charge in [0.2, 0.25) is 5.91 Å². The van der Waals surface area contributed by atoms with E-state index in [4.69, 9.17) is 0 Å². The molecular formula is C20H33ClN2O. The normalized spacial score (nSPS) is 17.1. The summed E-state index contributed by atoms with van der Waals surface area (Å²) in [6, 6.07) is 8.86. The molecule has 1 aliphatic rings. The molecule has 24 heavy (non-hydrogen) atoms. The van der Waals surface area contributed by atoms with Gasteiger partial charge in [0.05, 0.1) is 6.04 Å². The van der Waals surface area contributed by atoms with E-state index in [0.29, 0.717) is 17.8 Å². The molecule has 0 spiro atoms. The SMILES string of the molecule is CC(C)Cc1ccc(C(NC(=O)C(C)C2CNC2)C(C)C)cc1.Cl. The number of halogens is 1. The quantitative estimate of drug-likeness (QED) is 0.779. The fourth-order valence-electron chi connectivity index (χ4n) is 3.13. The fraction of sp³-hybridized carbons (Fsp3) is 0.650. The Morgan fingerprint density at radius 3 is 2.12 bits per heavy atom. The second-order valence-corrected chi connectivity index (χ2v) is 7.78. The highest BCUT2D eigenvalue weighted by atomic mass is 35.5. The van der Waals surface area contributed by atoms with Crippen molar-refractivity contribution in [3.63, 3.8) is 0 Å². The van der Waals surface area contributed by atoms with Crippen molar-refractivity contribution < 1.29 is 4.79 Å². The monoisotopic (exact) mass is 352 g/mol. The summed E-state index contributed by atoms with van der Waals surface area (Å²) in [5.41, 5.74) is 2.58. The predicted molar refractivity (Wildman–Crippen MR) is 103 cm³/mol. The minimum Gasteiger partial charge on any atom is -0.349 e. The van der Waals surface area contributed by atoms with Crippen LogP contribution in [0.3, 0.4) is 0 Å². The molecule has 1 fully saturated rings.